The molecule has 1 aliphatic carbocycles. The van der Waals surface area contributed by atoms with Crippen LogP contribution in [0.25, 0.3) is 0 Å². The van der Waals surface area contributed by atoms with Crippen LogP contribution in [0.5, 0.6) is 5.75 Å². The fraction of sp³-hybridized carbons (Fsp3) is 0.417. The molecule has 2 aromatic heterocycles. The molecule has 3 aromatic rings. The van der Waals surface area contributed by atoms with E-state index in [0.29, 0.717) is 51.1 Å². The lowest BCUT2D eigenvalue weighted by atomic mass is 10.1. The third-order valence-corrected chi connectivity index (χ3v) is 8.41. The first kappa shape index (κ1) is 26.8. The first-order valence-electron chi connectivity index (χ1n) is 11.6. The SMILES string of the molecule is CCn1c(CCCOc2ccc(Cl)cc2Cl)nnc1SCC(=O)Nc1sc2c(c1C(=O)OC)CCC2. The summed E-state index contributed by atoms with van der Waals surface area (Å²) in [5, 5.41) is 13.8. The van der Waals surface area contributed by atoms with E-state index in [9.17, 15) is 9.59 Å². The van der Waals surface area contributed by atoms with Gasteiger partial charge >= 0.3 is 5.97 Å². The lowest BCUT2D eigenvalue weighted by Crippen LogP contribution is -2.16. The van der Waals surface area contributed by atoms with Crippen molar-refractivity contribution in [1.82, 2.24) is 14.8 Å². The maximum atomic E-state index is 12.7. The Labute approximate surface area is 227 Å². The highest BCUT2D eigenvalue weighted by molar-refractivity contribution is 7.99. The number of benzene rings is 1. The predicted molar refractivity (Wildman–Crippen MR) is 143 cm³/mol. The highest BCUT2D eigenvalue weighted by Gasteiger charge is 2.28. The van der Waals surface area contributed by atoms with Crippen LogP contribution in [0.4, 0.5) is 5.00 Å². The fourth-order valence-corrected chi connectivity index (χ4v) is 6.61. The van der Waals surface area contributed by atoms with Crippen LogP contribution < -0.4 is 10.1 Å². The quantitative estimate of drug-likeness (QED) is 0.180. The van der Waals surface area contributed by atoms with Gasteiger partial charge in [-0.15, -0.1) is 21.5 Å². The summed E-state index contributed by atoms with van der Waals surface area (Å²) < 4.78 is 12.7. The van der Waals surface area contributed by atoms with Crippen LogP contribution >= 0.6 is 46.3 Å². The molecule has 4 rings (SSSR count). The number of thiophene rings is 1. The molecule has 0 radical (unpaired) electrons. The number of anilines is 1. The zero-order chi connectivity index (χ0) is 25.7. The molecule has 36 heavy (non-hydrogen) atoms. The number of halogens is 2. The van der Waals surface area contributed by atoms with E-state index >= 15 is 0 Å². The fourth-order valence-electron chi connectivity index (χ4n) is 4.04. The Balaban J connectivity index is 1.31. The molecule has 1 N–H and O–H groups in total. The summed E-state index contributed by atoms with van der Waals surface area (Å²) in [5.41, 5.74) is 1.50. The van der Waals surface area contributed by atoms with Gasteiger partial charge in [-0.3, -0.25) is 4.79 Å². The van der Waals surface area contributed by atoms with E-state index in [1.54, 1.807) is 18.2 Å². The highest BCUT2D eigenvalue weighted by atomic mass is 35.5. The largest absolute Gasteiger partial charge is 0.492 e. The van der Waals surface area contributed by atoms with E-state index in [0.717, 1.165) is 41.9 Å². The number of nitrogens with zero attached hydrogens (tertiary/aromatic N) is 3. The lowest BCUT2D eigenvalue weighted by Gasteiger charge is -2.10. The Bertz CT molecular complexity index is 1260. The number of rotatable bonds is 11. The topological polar surface area (TPSA) is 95.3 Å². The monoisotopic (exact) mass is 568 g/mol. The molecule has 0 atom stereocenters. The van der Waals surface area contributed by atoms with Crippen molar-refractivity contribution in [2.24, 2.45) is 0 Å². The minimum absolute atomic E-state index is 0.152. The number of carbonyl (C=O) groups excluding carboxylic acids is 2. The van der Waals surface area contributed by atoms with E-state index in [2.05, 4.69) is 15.5 Å². The smallest absolute Gasteiger partial charge is 0.341 e. The zero-order valence-corrected chi connectivity index (χ0v) is 23.1. The van der Waals surface area contributed by atoms with Crippen molar-refractivity contribution in [3.63, 3.8) is 0 Å². The molecule has 12 heteroatoms. The van der Waals surface area contributed by atoms with Gasteiger partial charge in [0.25, 0.3) is 0 Å². The summed E-state index contributed by atoms with van der Waals surface area (Å²) in [6.07, 6.45) is 4.17. The van der Waals surface area contributed by atoms with Crippen molar-refractivity contribution in [3.05, 3.63) is 50.1 Å². The minimum atomic E-state index is -0.407. The van der Waals surface area contributed by atoms with Crippen LogP contribution in [-0.2, 0) is 35.3 Å². The van der Waals surface area contributed by atoms with Crippen LogP contribution in [-0.4, -0.2) is 46.1 Å². The molecule has 0 bridgehead atoms. The van der Waals surface area contributed by atoms with Gasteiger partial charge in [0.1, 0.15) is 16.6 Å². The number of ether oxygens (including phenoxy) is 2. The van der Waals surface area contributed by atoms with Crippen LogP contribution in [0.1, 0.15) is 46.4 Å². The number of methoxy groups -OCH3 is 1. The number of hydrogen-bond donors (Lipinski definition) is 1. The number of nitrogens with one attached hydrogen (secondary N) is 1. The Morgan fingerprint density at radius 3 is 2.83 bits per heavy atom. The average Bonchev–Trinajstić information content (AvgIpc) is 3.55. The molecule has 0 unspecified atom stereocenters. The maximum absolute atomic E-state index is 12.7. The number of aryl methyl sites for hydroxylation is 2. The summed E-state index contributed by atoms with van der Waals surface area (Å²) >= 11 is 14.8. The first-order valence-corrected chi connectivity index (χ1v) is 14.1. The van der Waals surface area contributed by atoms with Gasteiger partial charge in [-0.25, -0.2) is 4.79 Å². The Morgan fingerprint density at radius 1 is 1.25 bits per heavy atom. The number of hydrogen-bond acceptors (Lipinski definition) is 8. The Morgan fingerprint density at radius 2 is 2.08 bits per heavy atom. The summed E-state index contributed by atoms with van der Waals surface area (Å²) in [6.45, 7) is 3.16. The molecule has 2 heterocycles. The van der Waals surface area contributed by atoms with Gasteiger partial charge < -0.3 is 19.4 Å². The molecule has 0 saturated heterocycles. The molecular formula is C24H26Cl2N4O4S2. The maximum Gasteiger partial charge on any atom is 0.341 e. The van der Waals surface area contributed by atoms with Gasteiger partial charge in [-0.1, -0.05) is 35.0 Å². The van der Waals surface area contributed by atoms with Crippen molar-refractivity contribution in [1.29, 1.82) is 0 Å². The van der Waals surface area contributed by atoms with Crippen LogP contribution in [0.15, 0.2) is 23.4 Å². The van der Waals surface area contributed by atoms with Crippen molar-refractivity contribution in [2.75, 3.05) is 24.8 Å². The van der Waals surface area contributed by atoms with Gasteiger partial charge in [-0.05, 0) is 56.4 Å². The Kier molecular flexibility index (Phi) is 9.16. The number of thioether (sulfide) groups is 1. The molecule has 0 spiro atoms. The minimum Gasteiger partial charge on any atom is -0.492 e. The number of aromatic nitrogens is 3. The number of amides is 1. The summed E-state index contributed by atoms with van der Waals surface area (Å²) in [7, 11) is 1.36. The van der Waals surface area contributed by atoms with Gasteiger partial charge in [0.05, 0.1) is 30.1 Å². The average molecular weight is 570 g/mol. The number of esters is 1. The van der Waals surface area contributed by atoms with Crippen molar-refractivity contribution in [2.45, 2.75) is 50.7 Å². The first-order chi connectivity index (χ1) is 17.4. The molecule has 0 fully saturated rings. The van der Waals surface area contributed by atoms with E-state index in [-0.39, 0.29) is 11.7 Å². The van der Waals surface area contributed by atoms with Crippen LogP contribution in [0.2, 0.25) is 10.0 Å². The lowest BCUT2D eigenvalue weighted by molar-refractivity contribution is -0.113. The van der Waals surface area contributed by atoms with Gasteiger partial charge in [0.15, 0.2) is 5.16 Å². The zero-order valence-electron chi connectivity index (χ0n) is 19.9. The Hall–Kier alpha value is -2.27. The molecule has 0 aliphatic heterocycles. The highest BCUT2D eigenvalue weighted by Crippen LogP contribution is 2.39. The van der Waals surface area contributed by atoms with Crippen molar-refractivity contribution < 1.29 is 19.1 Å². The number of carbonyl (C=O) groups is 2. The third-order valence-electron chi connectivity index (χ3n) is 5.70. The summed E-state index contributed by atoms with van der Waals surface area (Å²) in [6, 6.07) is 5.13. The second kappa shape index (κ2) is 12.3. The molecular weight excluding hydrogens is 543 g/mol. The van der Waals surface area contributed by atoms with Crippen LogP contribution in [0.3, 0.4) is 0 Å². The van der Waals surface area contributed by atoms with Crippen molar-refractivity contribution >= 4 is 63.2 Å². The van der Waals surface area contributed by atoms with Crippen molar-refractivity contribution in [3.8, 4) is 5.75 Å². The van der Waals surface area contributed by atoms with E-state index < -0.39 is 5.97 Å². The van der Waals surface area contributed by atoms with E-state index in [1.165, 1.54) is 30.2 Å². The standard InChI is InChI=1S/C24H26Cl2N4O4S2/c1-3-30-19(8-5-11-34-17-10-9-14(25)12-16(17)26)28-29-24(30)35-13-20(31)27-22-21(23(32)33-2)15-6-4-7-18(15)36-22/h9-10,12H,3-8,11,13H2,1-2H3,(H,27,31). The van der Waals surface area contributed by atoms with Gasteiger partial charge in [0.2, 0.25) is 5.91 Å². The molecule has 1 aromatic carbocycles. The number of fused-ring (bicyclic) bond motifs is 1. The molecule has 1 aliphatic rings. The third kappa shape index (κ3) is 6.16. The second-order valence-corrected chi connectivity index (χ2v) is 11.0. The van der Waals surface area contributed by atoms with Gasteiger partial charge in [0, 0.05) is 22.9 Å². The van der Waals surface area contributed by atoms with E-state index in [1.807, 2.05) is 11.5 Å². The van der Waals surface area contributed by atoms with Crippen LogP contribution in [0, 0.1) is 0 Å². The summed E-state index contributed by atoms with van der Waals surface area (Å²) in [5.74, 6) is 0.959. The molecule has 8 nitrogen and oxygen atoms in total. The predicted octanol–water partition coefficient (Wildman–Crippen LogP) is 5.68. The van der Waals surface area contributed by atoms with E-state index in [4.69, 9.17) is 32.7 Å². The molecule has 1 amide bonds. The van der Waals surface area contributed by atoms with Gasteiger partial charge in [-0.2, -0.15) is 0 Å². The normalized spacial score (nSPS) is 12.4. The summed E-state index contributed by atoms with van der Waals surface area (Å²) in [4.78, 5) is 26.2. The second-order valence-electron chi connectivity index (χ2n) is 8.06. The molecule has 192 valence electrons. The molecule has 0 saturated carbocycles.